The fraction of sp³-hybridized carbons (Fsp3) is 1.00. The number of hydrogen-bond acceptors (Lipinski definition) is 3. The standard InChI is InChI=1S/C13H28N2O/c1-13(2,3)15-10-9-14-8-4-6-12-7-5-11-16-12/h12,14-15H,4-11H2,1-3H3. The molecule has 0 amide bonds. The van der Waals surface area contributed by atoms with Crippen LogP contribution in [0.3, 0.4) is 0 Å². The molecule has 2 N–H and O–H groups in total. The normalized spacial score (nSPS) is 21.6. The van der Waals surface area contributed by atoms with E-state index in [-0.39, 0.29) is 5.54 Å². The molecule has 1 rings (SSSR count). The molecule has 96 valence electrons. The first-order valence-electron chi connectivity index (χ1n) is 6.65. The van der Waals surface area contributed by atoms with Crippen LogP contribution in [0.15, 0.2) is 0 Å². The van der Waals surface area contributed by atoms with E-state index in [0.29, 0.717) is 6.10 Å². The van der Waals surface area contributed by atoms with Gasteiger partial charge < -0.3 is 15.4 Å². The summed E-state index contributed by atoms with van der Waals surface area (Å²) in [6.45, 7) is 10.8. The third-order valence-corrected chi connectivity index (χ3v) is 2.86. The van der Waals surface area contributed by atoms with Crippen molar-refractivity contribution in [2.24, 2.45) is 0 Å². The predicted molar refractivity (Wildman–Crippen MR) is 68.8 cm³/mol. The van der Waals surface area contributed by atoms with Crippen molar-refractivity contribution in [2.45, 2.75) is 58.1 Å². The molecule has 1 heterocycles. The van der Waals surface area contributed by atoms with E-state index in [1.807, 2.05) is 0 Å². The van der Waals surface area contributed by atoms with Crippen LogP contribution in [0, 0.1) is 0 Å². The van der Waals surface area contributed by atoms with Gasteiger partial charge in [0, 0.05) is 25.2 Å². The summed E-state index contributed by atoms with van der Waals surface area (Å²) in [7, 11) is 0. The highest BCUT2D eigenvalue weighted by atomic mass is 16.5. The summed E-state index contributed by atoms with van der Waals surface area (Å²) in [6.07, 6.45) is 5.54. The summed E-state index contributed by atoms with van der Waals surface area (Å²) in [5.41, 5.74) is 0.235. The number of ether oxygens (including phenoxy) is 1. The molecule has 0 aromatic heterocycles. The van der Waals surface area contributed by atoms with Crippen molar-refractivity contribution in [2.75, 3.05) is 26.2 Å². The minimum Gasteiger partial charge on any atom is -0.378 e. The lowest BCUT2D eigenvalue weighted by Gasteiger charge is -2.20. The fourth-order valence-electron chi connectivity index (χ4n) is 1.98. The number of nitrogens with one attached hydrogen (secondary N) is 2. The molecule has 0 aliphatic carbocycles. The molecule has 3 heteroatoms. The number of rotatable bonds is 7. The molecular formula is C13H28N2O. The van der Waals surface area contributed by atoms with Gasteiger partial charge >= 0.3 is 0 Å². The van der Waals surface area contributed by atoms with Crippen molar-refractivity contribution in [1.82, 2.24) is 10.6 Å². The third kappa shape index (κ3) is 7.20. The van der Waals surface area contributed by atoms with E-state index in [1.165, 1.54) is 25.7 Å². The molecule has 1 aliphatic heterocycles. The van der Waals surface area contributed by atoms with Gasteiger partial charge in [-0.3, -0.25) is 0 Å². The van der Waals surface area contributed by atoms with E-state index in [0.717, 1.165) is 26.2 Å². The molecule has 1 saturated heterocycles. The molecule has 3 nitrogen and oxygen atoms in total. The molecule has 16 heavy (non-hydrogen) atoms. The lowest BCUT2D eigenvalue weighted by molar-refractivity contribution is 0.102. The zero-order valence-corrected chi connectivity index (χ0v) is 11.1. The molecular weight excluding hydrogens is 200 g/mol. The Morgan fingerprint density at radius 1 is 1.19 bits per heavy atom. The van der Waals surface area contributed by atoms with Crippen LogP contribution in [0.5, 0.6) is 0 Å². The molecule has 0 saturated carbocycles. The first-order chi connectivity index (χ1) is 7.58. The van der Waals surface area contributed by atoms with E-state index in [4.69, 9.17) is 4.74 Å². The van der Waals surface area contributed by atoms with Crippen LogP contribution in [-0.4, -0.2) is 37.9 Å². The zero-order valence-electron chi connectivity index (χ0n) is 11.1. The van der Waals surface area contributed by atoms with Crippen molar-refractivity contribution in [1.29, 1.82) is 0 Å². The van der Waals surface area contributed by atoms with Crippen molar-refractivity contribution in [3.63, 3.8) is 0 Å². The van der Waals surface area contributed by atoms with Gasteiger partial charge in [-0.05, 0) is 53.0 Å². The van der Waals surface area contributed by atoms with Crippen LogP contribution >= 0.6 is 0 Å². The minimum atomic E-state index is 0.235. The maximum atomic E-state index is 5.59. The molecule has 0 radical (unpaired) electrons. The summed E-state index contributed by atoms with van der Waals surface area (Å²) in [6, 6.07) is 0. The Labute approximate surface area is 100 Å². The lowest BCUT2D eigenvalue weighted by atomic mass is 10.1. The first-order valence-corrected chi connectivity index (χ1v) is 6.65. The van der Waals surface area contributed by atoms with Crippen LogP contribution in [-0.2, 0) is 4.74 Å². The topological polar surface area (TPSA) is 33.3 Å². The Morgan fingerprint density at radius 2 is 2.00 bits per heavy atom. The summed E-state index contributed by atoms with van der Waals surface area (Å²) in [4.78, 5) is 0. The highest BCUT2D eigenvalue weighted by Gasteiger charge is 2.14. The molecule has 0 aromatic carbocycles. The molecule has 1 unspecified atom stereocenters. The van der Waals surface area contributed by atoms with Gasteiger partial charge in [0.05, 0.1) is 6.10 Å². The Kier molecular flexibility index (Phi) is 6.32. The maximum absolute atomic E-state index is 5.59. The average molecular weight is 228 g/mol. The number of hydrogen-bond donors (Lipinski definition) is 2. The van der Waals surface area contributed by atoms with Crippen molar-refractivity contribution < 1.29 is 4.74 Å². The van der Waals surface area contributed by atoms with Gasteiger partial charge in [-0.15, -0.1) is 0 Å². The first kappa shape index (κ1) is 13.9. The summed E-state index contributed by atoms with van der Waals surface area (Å²) < 4.78 is 5.59. The van der Waals surface area contributed by atoms with E-state index in [2.05, 4.69) is 31.4 Å². The Hall–Kier alpha value is -0.120. The van der Waals surface area contributed by atoms with Gasteiger partial charge in [-0.25, -0.2) is 0 Å². The zero-order chi connectivity index (χ0) is 11.9. The largest absolute Gasteiger partial charge is 0.378 e. The molecule has 1 aliphatic rings. The second kappa shape index (κ2) is 7.25. The van der Waals surface area contributed by atoms with E-state index in [1.54, 1.807) is 0 Å². The molecule has 1 atom stereocenters. The van der Waals surface area contributed by atoms with Gasteiger partial charge in [-0.2, -0.15) is 0 Å². The average Bonchev–Trinajstić information content (AvgIpc) is 2.67. The molecule has 0 spiro atoms. The highest BCUT2D eigenvalue weighted by Crippen LogP contribution is 2.16. The monoisotopic (exact) mass is 228 g/mol. The maximum Gasteiger partial charge on any atom is 0.0576 e. The quantitative estimate of drug-likeness (QED) is 0.653. The molecule has 0 bridgehead atoms. The summed E-state index contributed by atoms with van der Waals surface area (Å²) in [5, 5.41) is 6.93. The van der Waals surface area contributed by atoms with Crippen molar-refractivity contribution in [3.05, 3.63) is 0 Å². The van der Waals surface area contributed by atoms with Crippen LogP contribution in [0.4, 0.5) is 0 Å². The van der Waals surface area contributed by atoms with Crippen LogP contribution < -0.4 is 10.6 Å². The SMILES string of the molecule is CC(C)(C)NCCNCCCC1CCCO1. The smallest absolute Gasteiger partial charge is 0.0576 e. The lowest BCUT2D eigenvalue weighted by Crippen LogP contribution is -2.40. The second-order valence-corrected chi connectivity index (χ2v) is 5.70. The van der Waals surface area contributed by atoms with Gasteiger partial charge in [0.15, 0.2) is 0 Å². The Balaban J connectivity index is 1.81. The second-order valence-electron chi connectivity index (χ2n) is 5.70. The van der Waals surface area contributed by atoms with Crippen LogP contribution in [0.1, 0.15) is 46.5 Å². The summed E-state index contributed by atoms with van der Waals surface area (Å²) >= 11 is 0. The van der Waals surface area contributed by atoms with Gasteiger partial charge in [0.25, 0.3) is 0 Å². The molecule has 0 aromatic rings. The predicted octanol–water partition coefficient (Wildman–Crippen LogP) is 1.92. The van der Waals surface area contributed by atoms with Crippen LogP contribution in [0.2, 0.25) is 0 Å². The minimum absolute atomic E-state index is 0.235. The Bertz CT molecular complexity index is 171. The Morgan fingerprint density at radius 3 is 2.62 bits per heavy atom. The van der Waals surface area contributed by atoms with E-state index < -0.39 is 0 Å². The highest BCUT2D eigenvalue weighted by molar-refractivity contribution is 4.70. The van der Waals surface area contributed by atoms with Crippen LogP contribution in [0.25, 0.3) is 0 Å². The van der Waals surface area contributed by atoms with Gasteiger partial charge in [0.2, 0.25) is 0 Å². The van der Waals surface area contributed by atoms with Crippen molar-refractivity contribution >= 4 is 0 Å². The molecule has 1 fully saturated rings. The van der Waals surface area contributed by atoms with E-state index >= 15 is 0 Å². The fourth-order valence-corrected chi connectivity index (χ4v) is 1.98. The van der Waals surface area contributed by atoms with E-state index in [9.17, 15) is 0 Å². The van der Waals surface area contributed by atoms with Crippen molar-refractivity contribution in [3.8, 4) is 0 Å². The summed E-state index contributed by atoms with van der Waals surface area (Å²) in [5.74, 6) is 0. The van der Waals surface area contributed by atoms with Gasteiger partial charge in [-0.1, -0.05) is 0 Å². The van der Waals surface area contributed by atoms with Gasteiger partial charge in [0.1, 0.15) is 0 Å². The third-order valence-electron chi connectivity index (χ3n) is 2.86.